The summed E-state index contributed by atoms with van der Waals surface area (Å²) in [6, 6.07) is 25.1. The summed E-state index contributed by atoms with van der Waals surface area (Å²) in [5.74, 6) is 0. The fraction of sp³-hybridized carbons (Fsp3) is 0.379. The van der Waals surface area contributed by atoms with Crippen LogP contribution in [0.15, 0.2) is 72.8 Å². The topological polar surface area (TPSA) is 50.2 Å². The number of benzene rings is 3. The molecule has 0 aliphatic heterocycles. The van der Waals surface area contributed by atoms with Crippen LogP contribution in [0.2, 0.25) is 0 Å². The maximum absolute atomic E-state index is 9.41. The Morgan fingerprint density at radius 2 is 0.943 bits per heavy atom. The molecule has 0 aliphatic carbocycles. The third kappa shape index (κ3) is 5.83. The molecule has 35 heavy (non-hydrogen) atoms. The van der Waals surface area contributed by atoms with Gasteiger partial charge in [0.1, 0.15) is 0 Å². The largest absolute Gasteiger partial charge is 0.395 e. The zero-order valence-corrected chi connectivity index (χ0v) is 21.5. The van der Waals surface area contributed by atoms with Crippen molar-refractivity contribution in [2.45, 2.75) is 19.2 Å². The van der Waals surface area contributed by atoms with Crippen molar-refractivity contribution in [2.24, 2.45) is 0 Å². The molecule has 0 amide bonds. The predicted octanol–water partition coefficient (Wildman–Crippen LogP) is 3.85. The normalized spacial score (nSPS) is 12.7. The van der Waals surface area contributed by atoms with Gasteiger partial charge in [-0.3, -0.25) is 0 Å². The fourth-order valence-corrected chi connectivity index (χ4v) is 4.59. The summed E-state index contributed by atoms with van der Waals surface area (Å²) < 4.78 is 0. The minimum Gasteiger partial charge on any atom is -0.395 e. The molecule has 1 atom stereocenters. The van der Waals surface area contributed by atoms with Gasteiger partial charge in [-0.25, -0.2) is 0 Å². The first-order chi connectivity index (χ1) is 16.9. The van der Waals surface area contributed by atoms with Crippen molar-refractivity contribution in [3.05, 3.63) is 89.5 Å². The van der Waals surface area contributed by atoms with Crippen molar-refractivity contribution in [3.63, 3.8) is 0 Å². The van der Waals surface area contributed by atoms with Crippen LogP contribution in [0, 0.1) is 0 Å². The van der Waals surface area contributed by atoms with Crippen LogP contribution >= 0.6 is 0 Å². The molecule has 2 N–H and O–H groups in total. The van der Waals surface area contributed by atoms with Crippen LogP contribution in [-0.4, -0.2) is 71.5 Å². The lowest BCUT2D eigenvalue weighted by atomic mass is 9.56. The third-order valence-electron chi connectivity index (χ3n) is 6.72. The van der Waals surface area contributed by atoms with Gasteiger partial charge < -0.3 is 24.9 Å². The lowest BCUT2D eigenvalue weighted by molar-refractivity contribution is 0.281. The number of aliphatic hydroxyl groups excluding tert-OH is 2. The van der Waals surface area contributed by atoms with Crippen molar-refractivity contribution in [1.29, 1.82) is 0 Å². The fourth-order valence-electron chi connectivity index (χ4n) is 4.59. The molecular formula is C29H38BN3O2. The molecular weight excluding hydrogens is 433 g/mol. The van der Waals surface area contributed by atoms with Gasteiger partial charge in [0, 0.05) is 62.7 Å². The predicted molar refractivity (Wildman–Crippen MR) is 149 cm³/mol. The maximum Gasteiger partial charge on any atom is 0.0940 e. The van der Waals surface area contributed by atoms with Crippen LogP contribution in [0.3, 0.4) is 0 Å². The quantitative estimate of drug-likeness (QED) is 0.311. The van der Waals surface area contributed by atoms with E-state index in [1.807, 2.05) is 31.1 Å². The van der Waals surface area contributed by atoms with Gasteiger partial charge in [-0.1, -0.05) is 36.4 Å². The van der Waals surface area contributed by atoms with Gasteiger partial charge in [0.15, 0.2) is 0 Å². The summed E-state index contributed by atoms with van der Waals surface area (Å²) in [7, 11) is 11.4. The highest BCUT2D eigenvalue weighted by Crippen LogP contribution is 2.38. The monoisotopic (exact) mass is 471 g/mol. The zero-order chi connectivity index (χ0) is 25.4. The molecule has 0 aliphatic rings. The molecule has 3 aromatic rings. The Morgan fingerprint density at radius 3 is 1.26 bits per heavy atom. The van der Waals surface area contributed by atoms with Crippen LogP contribution in [0.4, 0.5) is 17.1 Å². The van der Waals surface area contributed by atoms with Gasteiger partial charge in [-0.15, -0.1) is 0 Å². The molecule has 0 heterocycles. The first-order valence-corrected chi connectivity index (χ1v) is 12.4. The van der Waals surface area contributed by atoms with E-state index in [1.165, 1.54) is 5.69 Å². The summed E-state index contributed by atoms with van der Waals surface area (Å²) in [6.45, 7) is 7.22. The Kier molecular flexibility index (Phi) is 9.24. The Hall–Kier alpha value is -2.96. The molecule has 2 radical (unpaired) electrons. The third-order valence-corrected chi connectivity index (χ3v) is 6.72. The maximum atomic E-state index is 9.41. The Labute approximate surface area is 212 Å². The lowest BCUT2D eigenvalue weighted by Gasteiger charge is -2.34. The van der Waals surface area contributed by atoms with E-state index in [1.54, 1.807) is 0 Å². The molecule has 6 heteroatoms. The summed E-state index contributed by atoms with van der Waals surface area (Å²) in [5.41, 5.74) is 6.24. The molecule has 184 valence electrons. The first-order valence-electron chi connectivity index (χ1n) is 12.4. The molecule has 5 nitrogen and oxygen atoms in total. The molecule has 0 fully saturated rings. The summed E-state index contributed by atoms with van der Waals surface area (Å²) >= 11 is 0. The Bertz CT molecular complexity index is 1030. The number of aliphatic hydroxyl groups is 2. The summed E-state index contributed by atoms with van der Waals surface area (Å²) in [6.07, 6.45) is 0. The van der Waals surface area contributed by atoms with E-state index in [0.29, 0.717) is 13.1 Å². The van der Waals surface area contributed by atoms with Crippen LogP contribution < -0.4 is 14.7 Å². The molecule has 0 spiro atoms. The average molecular weight is 471 g/mol. The minimum absolute atomic E-state index is 0.0275. The van der Waals surface area contributed by atoms with E-state index >= 15 is 0 Å². The van der Waals surface area contributed by atoms with Crippen molar-refractivity contribution >= 4 is 24.9 Å². The highest BCUT2D eigenvalue weighted by atomic mass is 16.3. The number of rotatable bonds is 12. The molecule has 0 bridgehead atoms. The van der Waals surface area contributed by atoms with Crippen molar-refractivity contribution in [1.82, 2.24) is 0 Å². The molecule has 3 rings (SSSR count). The first kappa shape index (κ1) is 26.6. The van der Waals surface area contributed by atoms with Gasteiger partial charge in [-0.05, 0) is 66.9 Å². The Morgan fingerprint density at radius 1 is 0.600 bits per heavy atom. The van der Waals surface area contributed by atoms with Gasteiger partial charge in [0.05, 0.1) is 21.1 Å². The zero-order valence-electron chi connectivity index (χ0n) is 21.5. The molecule has 1 unspecified atom stereocenters. The van der Waals surface area contributed by atoms with Crippen LogP contribution in [0.1, 0.15) is 30.5 Å². The second kappa shape index (κ2) is 12.1. The van der Waals surface area contributed by atoms with E-state index in [0.717, 1.165) is 41.2 Å². The van der Waals surface area contributed by atoms with Crippen molar-refractivity contribution < 1.29 is 10.2 Å². The highest BCUT2D eigenvalue weighted by molar-refractivity contribution is 6.20. The van der Waals surface area contributed by atoms with Crippen LogP contribution in [-0.2, 0) is 5.31 Å². The van der Waals surface area contributed by atoms with E-state index in [-0.39, 0.29) is 13.2 Å². The average Bonchev–Trinajstić information content (AvgIpc) is 2.89. The summed E-state index contributed by atoms with van der Waals surface area (Å²) in [4.78, 5) is 6.36. The van der Waals surface area contributed by atoms with E-state index in [2.05, 4.69) is 84.3 Å². The number of anilines is 3. The Balaban J connectivity index is 2.08. The number of hydrogen-bond donors (Lipinski definition) is 2. The molecule has 0 saturated carbocycles. The second-order valence-electron chi connectivity index (χ2n) is 8.95. The summed E-state index contributed by atoms with van der Waals surface area (Å²) in [5, 5.41) is 18.0. The van der Waals surface area contributed by atoms with Crippen LogP contribution in [0.5, 0.6) is 0 Å². The van der Waals surface area contributed by atoms with Gasteiger partial charge >= 0.3 is 0 Å². The molecule has 0 saturated heterocycles. The molecule has 0 aromatic heterocycles. The second-order valence-corrected chi connectivity index (χ2v) is 8.95. The highest BCUT2D eigenvalue weighted by Gasteiger charge is 2.31. The van der Waals surface area contributed by atoms with Crippen molar-refractivity contribution in [3.8, 4) is 0 Å². The van der Waals surface area contributed by atoms with Gasteiger partial charge in [0.25, 0.3) is 0 Å². The van der Waals surface area contributed by atoms with Gasteiger partial charge in [0.2, 0.25) is 0 Å². The van der Waals surface area contributed by atoms with E-state index < -0.39 is 5.31 Å². The van der Waals surface area contributed by atoms with Crippen LogP contribution in [0.25, 0.3) is 0 Å². The lowest BCUT2D eigenvalue weighted by Crippen LogP contribution is -2.31. The van der Waals surface area contributed by atoms with Gasteiger partial charge in [-0.2, -0.15) is 0 Å². The van der Waals surface area contributed by atoms with E-state index in [9.17, 15) is 10.2 Å². The minimum atomic E-state index is -0.843. The SMILES string of the molecule is [B]C(c1ccc(N(C)C)cc1)(c1ccc(N(CC)CC)cc1)c1ccc(N(CCO)CCO)cc1. The van der Waals surface area contributed by atoms with Crippen molar-refractivity contribution in [2.75, 3.05) is 68.2 Å². The standard InChI is InChI=1S/C29H38BN3O2/c1-5-32(6-2)27-15-9-24(10-16-27)29(30,23-7-13-26(14-8-23)31(3)4)25-11-17-28(18-12-25)33(19-21-34)20-22-35/h7-18,34-35H,5-6,19-22H2,1-4H3. The smallest absolute Gasteiger partial charge is 0.0940 e. The van der Waals surface area contributed by atoms with E-state index in [4.69, 9.17) is 7.85 Å². The number of nitrogens with zero attached hydrogens (tertiary/aromatic N) is 3. The molecule has 3 aromatic carbocycles. The number of hydrogen-bond acceptors (Lipinski definition) is 5.